The van der Waals surface area contributed by atoms with E-state index in [2.05, 4.69) is 47.9 Å². The lowest BCUT2D eigenvalue weighted by Crippen LogP contribution is -2.35. The van der Waals surface area contributed by atoms with E-state index in [1.54, 1.807) is 13.8 Å². The van der Waals surface area contributed by atoms with Crippen molar-refractivity contribution in [2.45, 2.75) is 137 Å². The minimum absolute atomic E-state index is 0.0395. The Kier molecular flexibility index (Phi) is 21.6. The van der Waals surface area contributed by atoms with E-state index >= 15 is 0 Å². The molecule has 2 N–H and O–H groups in total. The van der Waals surface area contributed by atoms with Crippen LogP contribution in [-0.4, -0.2) is 57.5 Å². The van der Waals surface area contributed by atoms with E-state index < -0.39 is 17.5 Å². The predicted octanol–water partition coefficient (Wildman–Crippen LogP) is 8.87. The second-order valence-electron chi connectivity index (χ2n) is 13.7. The highest BCUT2D eigenvalue weighted by atomic mass is 16.6. The second kappa shape index (κ2) is 25.2. The van der Waals surface area contributed by atoms with Crippen molar-refractivity contribution in [2.75, 3.05) is 39.5 Å². The molecule has 8 heteroatoms. The fraction of sp³-hybridized carbons (Fsp3) is 0.725. The number of alkyl carbamates (subject to hydrolysis) is 1. The van der Waals surface area contributed by atoms with Crippen LogP contribution in [0.15, 0.2) is 41.5 Å². The van der Waals surface area contributed by atoms with Gasteiger partial charge in [0.2, 0.25) is 0 Å². The zero-order valence-corrected chi connectivity index (χ0v) is 30.7. The minimum atomic E-state index is -0.741. The van der Waals surface area contributed by atoms with Gasteiger partial charge < -0.3 is 24.8 Å². The fourth-order valence-corrected chi connectivity index (χ4v) is 6.13. The molecule has 1 aliphatic carbocycles. The van der Waals surface area contributed by atoms with Crippen molar-refractivity contribution in [1.82, 2.24) is 10.6 Å². The molecule has 2 unspecified atom stereocenters. The first-order valence-electron chi connectivity index (χ1n) is 19.0. The first-order chi connectivity index (χ1) is 23.3. The Labute approximate surface area is 291 Å². The highest BCUT2D eigenvalue weighted by Gasteiger charge is 2.54. The van der Waals surface area contributed by atoms with Crippen LogP contribution in [0.25, 0.3) is 0 Å². The molecule has 0 radical (unpaired) electrons. The molecule has 0 bridgehead atoms. The Morgan fingerprint density at radius 2 is 1.35 bits per heavy atom. The summed E-state index contributed by atoms with van der Waals surface area (Å²) >= 11 is 0. The van der Waals surface area contributed by atoms with Gasteiger partial charge in [0.15, 0.2) is 0 Å². The fourth-order valence-electron chi connectivity index (χ4n) is 6.13. The summed E-state index contributed by atoms with van der Waals surface area (Å²) < 4.78 is 15.8. The van der Waals surface area contributed by atoms with Crippen LogP contribution < -0.4 is 10.6 Å². The van der Waals surface area contributed by atoms with Gasteiger partial charge in [-0.15, -0.1) is 0 Å². The van der Waals surface area contributed by atoms with Gasteiger partial charge in [0.25, 0.3) is 0 Å². The normalized spacial score (nSPS) is 17.0. The van der Waals surface area contributed by atoms with E-state index in [1.165, 1.54) is 89.0 Å². The first kappa shape index (κ1) is 41.3. The van der Waals surface area contributed by atoms with Crippen LogP contribution in [0, 0.1) is 11.3 Å². The minimum Gasteiger partial charge on any atom is -0.465 e. The van der Waals surface area contributed by atoms with Gasteiger partial charge in [0.05, 0.1) is 12.0 Å². The molecule has 0 aliphatic heterocycles. The van der Waals surface area contributed by atoms with Gasteiger partial charge in [-0.1, -0.05) is 128 Å². The number of carbonyl (C=O) groups excluding carboxylic acids is 3. The first-order valence-corrected chi connectivity index (χ1v) is 19.0. The Morgan fingerprint density at radius 3 is 2.00 bits per heavy atom. The van der Waals surface area contributed by atoms with E-state index in [9.17, 15) is 14.4 Å². The summed E-state index contributed by atoms with van der Waals surface area (Å²) in [6, 6.07) is 10.7. The number of unbranched alkanes of at least 4 members (excludes halogenated alkanes) is 12. The zero-order chi connectivity index (χ0) is 34.9. The monoisotopic (exact) mass is 670 g/mol. The quantitative estimate of drug-likeness (QED) is 0.0397. The maximum atomic E-state index is 12.4. The topological polar surface area (TPSA) is 103 Å². The van der Waals surface area contributed by atoms with Gasteiger partial charge in [-0.2, -0.15) is 0 Å². The second-order valence-corrected chi connectivity index (χ2v) is 13.7. The van der Waals surface area contributed by atoms with Crippen molar-refractivity contribution in [3.63, 3.8) is 0 Å². The van der Waals surface area contributed by atoms with E-state index in [-0.39, 0.29) is 19.2 Å². The molecule has 2 atom stereocenters. The lowest BCUT2D eigenvalue weighted by Gasteiger charge is -2.18. The Balaban J connectivity index is 1.56. The van der Waals surface area contributed by atoms with Gasteiger partial charge in [-0.3, -0.25) is 4.79 Å². The number of esters is 2. The van der Waals surface area contributed by atoms with Crippen LogP contribution in [0.4, 0.5) is 4.79 Å². The van der Waals surface area contributed by atoms with Gasteiger partial charge in [-0.25, -0.2) is 9.59 Å². The van der Waals surface area contributed by atoms with Gasteiger partial charge in [0, 0.05) is 18.7 Å². The summed E-state index contributed by atoms with van der Waals surface area (Å²) in [5.74, 6) is -0.244. The van der Waals surface area contributed by atoms with Crippen LogP contribution in [0.5, 0.6) is 0 Å². The van der Waals surface area contributed by atoms with Gasteiger partial charge >= 0.3 is 18.0 Å². The van der Waals surface area contributed by atoms with Crippen LogP contribution in [0.3, 0.4) is 0 Å². The van der Waals surface area contributed by atoms with E-state index in [0.29, 0.717) is 37.6 Å². The summed E-state index contributed by atoms with van der Waals surface area (Å²) in [5, 5.41) is 6.27. The van der Waals surface area contributed by atoms with Crippen molar-refractivity contribution in [2.24, 2.45) is 11.3 Å². The summed E-state index contributed by atoms with van der Waals surface area (Å²) in [6.45, 7) is 10.1. The molecule has 0 spiro atoms. The maximum Gasteiger partial charge on any atom is 0.407 e. The summed E-state index contributed by atoms with van der Waals surface area (Å²) in [5.41, 5.74) is 1.80. The number of rotatable bonds is 28. The molecule has 0 heterocycles. The summed E-state index contributed by atoms with van der Waals surface area (Å²) in [7, 11) is 0. The molecule has 1 fully saturated rings. The van der Waals surface area contributed by atoms with E-state index in [4.69, 9.17) is 14.2 Å². The van der Waals surface area contributed by atoms with Crippen molar-refractivity contribution in [3.05, 3.63) is 47.0 Å². The van der Waals surface area contributed by atoms with E-state index in [1.807, 2.05) is 6.92 Å². The summed E-state index contributed by atoms with van der Waals surface area (Å²) in [4.78, 5) is 36.9. The maximum absolute atomic E-state index is 12.4. The third kappa shape index (κ3) is 17.5. The Morgan fingerprint density at radius 1 is 0.750 bits per heavy atom. The van der Waals surface area contributed by atoms with Crippen LogP contribution in [-0.2, 0) is 30.2 Å². The van der Waals surface area contributed by atoms with Crippen molar-refractivity contribution in [3.8, 4) is 0 Å². The Hall–Kier alpha value is -2.87. The third-order valence-corrected chi connectivity index (χ3v) is 9.40. The predicted molar refractivity (Wildman–Crippen MR) is 194 cm³/mol. The molecule has 1 saturated carbocycles. The summed E-state index contributed by atoms with van der Waals surface area (Å²) in [6.07, 6.45) is 20.3. The Bertz CT molecular complexity index is 1070. The molecular formula is C40H66N2O6. The molecule has 1 amide bonds. The van der Waals surface area contributed by atoms with Crippen LogP contribution in [0.2, 0.25) is 0 Å². The highest BCUT2D eigenvalue weighted by Crippen LogP contribution is 2.54. The highest BCUT2D eigenvalue weighted by molar-refractivity contribution is 5.95. The number of hydrogen-bond acceptors (Lipinski definition) is 7. The average Bonchev–Trinajstić information content (AvgIpc) is 3.79. The number of ether oxygens (including phenoxy) is 3. The van der Waals surface area contributed by atoms with Crippen molar-refractivity contribution >= 4 is 18.0 Å². The van der Waals surface area contributed by atoms with Crippen molar-refractivity contribution in [1.29, 1.82) is 0 Å². The molecule has 0 saturated heterocycles. The number of nitrogens with one attached hydrogen (secondary N) is 2. The van der Waals surface area contributed by atoms with Gasteiger partial charge in [-0.05, 0) is 63.1 Å². The van der Waals surface area contributed by atoms with E-state index in [0.717, 1.165) is 31.4 Å². The molecule has 1 aliphatic rings. The lowest BCUT2D eigenvalue weighted by atomic mass is 9.93. The number of hydrogen-bond donors (Lipinski definition) is 2. The molecule has 1 aromatic rings. The SMILES string of the molecule is CCCCCCCCCCCCCCC(CNCCNC(=O)OCCOC(=O)C(C)=C1CC1(C)C(=O)OCCCC)Cc1ccccc1. The van der Waals surface area contributed by atoms with Crippen LogP contribution >= 0.6 is 0 Å². The number of carbonyl (C=O) groups is 3. The molecule has 1 aromatic carbocycles. The smallest absolute Gasteiger partial charge is 0.407 e. The van der Waals surface area contributed by atoms with Gasteiger partial charge in [0.1, 0.15) is 13.2 Å². The number of amides is 1. The standard InChI is InChI=1S/C40H66N2O6/c1-5-7-9-10-11-12-13-14-15-16-17-19-24-35(30-34-22-20-18-21-23-34)32-41-25-26-42-39(45)48-29-28-46-37(43)33(3)36-31-40(36,4)38(44)47-27-8-6-2/h18,20-23,35,41H,5-17,19,24-32H2,1-4H3,(H,42,45). The molecule has 48 heavy (non-hydrogen) atoms. The molecular weight excluding hydrogens is 604 g/mol. The average molecular weight is 671 g/mol. The third-order valence-electron chi connectivity index (χ3n) is 9.40. The molecule has 2 rings (SSSR count). The van der Waals surface area contributed by atoms with Crippen LogP contribution in [0.1, 0.15) is 136 Å². The molecule has 0 aromatic heterocycles. The molecule has 272 valence electrons. The van der Waals surface area contributed by atoms with Crippen molar-refractivity contribution < 1.29 is 28.6 Å². The molecule has 8 nitrogen and oxygen atoms in total. The zero-order valence-electron chi connectivity index (χ0n) is 30.7. The number of benzene rings is 1. The largest absolute Gasteiger partial charge is 0.465 e. The lowest BCUT2D eigenvalue weighted by molar-refractivity contribution is -0.148.